The maximum atomic E-state index is 13.8. The summed E-state index contributed by atoms with van der Waals surface area (Å²) in [6.07, 6.45) is 5.55. The van der Waals surface area contributed by atoms with Crippen LogP contribution in [0.2, 0.25) is 0 Å². The van der Waals surface area contributed by atoms with Crippen LogP contribution in [0.3, 0.4) is 0 Å². The number of phenolic OH excluding ortho intramolecular Hbond substituents is 1. The van der Waals surface area contributed by atoms with Crippen molar-refractivity contribution < 1.29 is 14.3 Å². The zero-order valence-electron chi connectivity index (χ0n) is 21.7. The van der Waals surface area contributed by atoms with Gasteiger partial charge in [-0.2, -0.15) is 0 Å². The Bertz CT molecular complexity index is 1210. The van der Waals surface area contributed by atoms with Crippen molar-refractivity contribution in [1.82, 2.24) is 9.80 Å². The number of carbonyl (C=O) groups excluding carboxylic acids is 1. The molecule has 1 amide bonds. The van der Waals surface area contributed by atoms with E-state index in [2.05, 4.69) is 41.0 Å². The number of para-hydroxylation sites is 1. The average Bonchev–Trinajstić information content (AvgIpc) is 3.31. The monoisotopic (exact) mass is 500 g/mol. The van der Waals surface area contributed by atoms with Gasteiger partial charge >= 0.3 is 0 Å². The van der Waals surface area contributed by atoms with Gasteiger partial charge in [-0.15, -0.1) is 0 Å². The number of benzene rings is 3. The van der Waals surface area contributed by atoms with E-state index in [9.17, 15) is 14.3 Å². The molecule has 5 rings (SSSR count). The van der Waals surface area contributed by atoms with Gasteiger partial charge in [0.2, 0.25) is 0 Å². The number of carbonyl (C=O) groups is 1. The fourth-order valence-corrected chi connectivity index (χ4v) is 6.32. The Morgan fingerprint density at radius 3 is 2.38 bits per heavy atom. The molecule has 0 bridgehead atoms. The molecule has 1 aliphatic heterocycles. The van der Waals surface area contributed by atoms with E-state index in [0.717, 1.165) is 44.3 Å². The maximum Gasteiger partial charge on any atom is 0.254 e. The molecule has 1 saturated carbocycles. The molecule has 4 nitrogen and oxygen atoms in total. The Morgan fingerprint density at radius 2 is 1.65 bits per heavy atom. The van der Waals surface area contributed by atoms with Crippen LogP contribution < -0.4 is 0 Å². The number of nitrogens with zero attached hydrogens (tertiary/aromatic N) is 2. The fraction of sp³-hybridized carbons (Fsp3) is 0.406. The number of phenols is 1. The van der Waals surface area contributed by atoms with E-state index in [1.54, 1.807) is 18.2 Å². The average molecular weight is 501 g/mol. The van der Waals surface area contributed by atoms with Crippen LogP contribution in [0.1, 0.15) is 65.1 Å². The third-order valence-electron chi connectivity index (χ3n) is 8.29. The summed E-state index contributed by atoms with van der Waals surface area (Å²) < 4.78 is 13.6. The molecular weight excluding hydrogens is 463 g/mol. The van der Waals surface area contributed by atoms with Crippen molar-refractivity contribution in [1.29, 1.82) is 0 Å². The molecule has 0 radical (unpaired) electrons. The van der Waals surface area contributed by atoms with Crippen LogP contribution in [0, 0.1) is 18.7 Å². The Kier molecular flexibility index (Phi) is 7.90. The third kappa shape index (κ3) is 5.88. The highest BCUT2D eigenvalue weighted by atomic mass is 19.1. The number of hydrogen-bond acceptors (Lipinski definition) is 3. The first-order valence-electron chi connectivity index (χ1n) is 13.6. The summed E-state index contributed by atoms with van der Waals surface area (Å²) >= 11 is 0. The molecule has 2 aliphatic rings. The topological polar surface area (TPSA) is 43.8 Å². The van der Waals surface area contributed by atoms with Crippen LogP contribution in [-0.4, -0.2) is 46.5 Å². The Balaban J connectivity index is 1.44. The smallest absolute Gasteiger partial charge is 0.254 e. The zero-order valence-corrected chi connectivity index (χ0v) is 21.7. The van der Waals surface area contributed by atoms with Crippen LogP contribution >= 0.6 is 0 Å². The second-order valence-electron chi connectivity index (χ2n) is 10.8. The van der Waals surface area contributed by atoms with Crippen molar-refractivity contribution >= 4 is 5.91 Å². The first-order valence-corrected chi connectivity index (χ1v) is 13.6. The highest BCUT2D eigenvalue weighted by molar-refractivity contribution is 5.94. The van der Waals surface area contributed by atoms with E-state index >= 15 is 0 Å². The van der Waals surface area contributed by atoms with Gasteiger partial charge in [0.1, 0.15) is 11.6 Å². The summed E-state index contributed by atoms with van der Waals surface area (Å²) in [6, 6.07) is 22.3. The van der Waals surface area contributed by atoms with E-state index in [0.29, 0.717) is 30.3 Å². The number of aromatic hydroxyl groups is 1. The number of amides is 1. The molecule has 1 aliphatic carbocycles. The second-order valence-corrected chi connectivity index (χ2v) is 10.8. The number of hydrogen-bond donors (Lipinski definition) is 1. The number of aryl methyl sites for hydroxylation is 1. The maximum absolute atomic E-state index is 13.8. The SMILES string of the molecule is Cc1ccccc1[C@H]1CN(Cc2ccccc2O)C[C@@H]1CN(C(=O)c1ccc(F)cc1)C1CCCCC1. The normalized spacial score (nSPS) is 20.7. The van der Waals surface area contributed by atoms with Gasteiger partial charge in [-0.05, 0) is 67.1 Å². The van der Waals surface area contributed by atoms with Gasteiger partial charge in [0, 0.05) is 49.3 Å². The minimum Gasteiger partial charge on any atom is -0.508 e. The van der Waals surface area contributed by atoms with Crippen molar-refractivity contribution in [2.24, 2.45) is 5.92 Å². The number of rotatable bonds is 7. The molecule has 3 aromatic carbocycles. The van der Waals surface area contributed by atoms with Crippen LogP contribution in [0.5, 0.6) is 5.75 Å². The molecule has 0 unspecified atom stereocenters. The summed E-state index contributed by atoms with van der Waals surface area (Å²) in [6.45, 7) is 5.26. The quantitative estimate of drug-likeness (QED) is 0.401. The van der Waals surface area contributed by atoms with Gasteiger partial charge in [0.15, 0.2) is 0 Å². The lowest BCUT2D eigenvalue weighted by molar-refractivity contribution is 0.0588. The van der Waals surface area contributed by atoms with E-state index in [-0.39, 0.29) is 23.7 Å². The molecule has 37 heavy (non-hydrogen) atoms. The first kappa shape index (κ1) is 25.5. The largest absolute Gasteiger partial charge is 0.508 e. The van der Waals surface area contributed by atoms with Crippen molar-refractivity contribution in [2.45, 2.75) is 57.5 Å². The molecule has 5 heteroatoms. The highest BCUT2D eigenvalue weighted by Crippen LogP contribution is 2.37. The van der Waals surface area contributed by atoms with Crippen LogP contribution in [-0.2, 0) is 6.54 Å². The number of halogens is 1. The second kappa shape index (κ2) is 11.5. The van der Waals surface area contributed by atoms with Gasteiger partial charge in [-0.1, -0.05) is 61.7 Å². The molecule has 0 spiro atoms. The summed E-state index contributed by atoms with van der Waals surface area (Å²) in [5.41, 5.74) is 4.10. The molecule has 194 valence electrons. The minimum atomic E-state index is -0.323. The van der Waals surface area contributed by atoms with Gasteiger partial charge in [-0.3, -0.25) is 9.69 Å². The summed E-state index contributed by atoms with van der Waals surface area (Å²) in [5, 5.41) is 10.4. The van der Waals surface area contributed by atoms with E-state index in [1.807, 2.05) is 18.2 Å². The van der Waals surface area contributed by atoms with Gasteiger partial charge in [0.25, 0.3) is 5.91 Å². The lowest BCUT2D eigenvalue weighted by atomic mass is 9.85. The van der Waals surface area contributed by atoms with E-state index in [1.165, 1.54) is 29.7 Å². The van der Waals surface area contributed by atoms with E-state index < -0.39 is 0 Å². The van der Waals surface area contributed by atoms with Crippen molar-refractivity contribution in [3.05, 3.63) is 101 Å². The molecule has 1 N–H and O–H groups in total. The lowest BCUT2D eigenvalue weighted by Crippen LogP contribution is -2.45. The van der Waals surface area contributed by atoms with Gasteiger partial charge < -0.3 is 10.0 Å². The molecule has 2 fully saturated rings. The van der Waals surface area contributed by atoms with Crippen molar-refractivity contribution in [3.63, 3.8) is 0 Å². The third-order valence-corrected chi connectivity index (χ3v) is 8.29. The van der Waals surface area contributed by atoms with Crippen LogP contribution in [0.4, 0.5) is 4.39 Å². The molecular formula is C32H37FN2O2. The molecule has 1 heterocycles. The zero-order chi connectivity index (χ0) is 25.8. The molecule has 2 atom stereocenters. The summed E-state index contributed by atoms with van der Waals surface area (Å²) in [5.74, 6) is 0.566. The summed E-state index contributed by atoms with van der Waals surface area (Å²) in [7, 11) is 0. The van der Waals surface area contributed by atoms with Gasteiger partial charge in [-0.25, -0.2) is 4.39 Å². The fourth-order valence-electron chi connectivity index (χ4n) is 6.32. The summed E-state index contributed by atoms with van der Waals surface area (Å²) in [4.78, 5) is 18.3. The predicted molar refractivity (Wildman–Crippen MR) is 145 cm³/mol. The highest BCUT2D eigenvalue weighted by Gasteiger charge is 2.38. The minimum absolute atomic E-state index is 0.00888. The van der Waals surface area contributed by atoms with Crippen LogP contribution in [0.25, 0.3) is 0 Å². The molecule has 0 aromatic heterocycles. The Hall–Kier alpha value is -3.18. The Morgan fingerprint density at radius 1 is 0.946 bits per heavy atom. The van der Waals surface area contributed by atoms with Crippen molar-refractivity contribution in [2.75, 3.05) is 19.6 Å². The predicted octanol–water partition coefficient (Wildman–Crippen LogP) is 6.53. The first-order chi connectivity index (χ1) is 18.0. The van der Waals surface area contributed by atoms with Gasteiger partial charge in [0.05, 0.1) is 0 Å². The standard InChI is InChI=1S/C32H37FN2O2/c1-23-9-5-7-13-29(23)30-22-34(19-25-10-6-8-14-31(25)36)20-26(30)21-35(28-11-3-2-4-12-28)32(37)24-15-17-27(33)18-16-24/h5-10,13-18,26,28,30,36H,2-4,11-12,19-22H2,1H3/t26-,30+/m1/s1. The van der Waals surface area contributed by atoms with E-state index in [4.69, 9.17) is 0 Å². The molecule has 3 aromatic rings. The van der Waals surface area contributed by atoms with Crippen molar-refractivity contribution in [3.8, 4) is 5.75 Å². The number of likely N-dealkylation sites (tertiary alicyclic amines) is 1. The lowest BCUT2D eigenvalue weighted by Gasteiger charge is -2.37. The van der Waals surface area contributed by atoms with Crippen LogP contribution in [0.15, 0.2) is 72.8 Å². The Labute approximate surface area is 219 Å². The molecule has 1 saturated heterocycles.